The van der Waals surface area contributed by atoms with Crippen LogP contribution in [0.1, 0.15) is 10.5 Å². The molecule has 0 aliphatic carbocycles. The number of hydrogen-bond donors (Lipinski definition) is 2. The van der Waals surface area contributed by atoms with Gasteiger partial charge in [-0.2, -0.15) is 0 Å². The number of carbonyl (C=O) groups is 2. The molecule has 0 aliphatic heterocycles. The van der Waals surface area contributed by atoms with E-state index in [1.165, 1.54) is 17.7 Å². The summed E-state index contributed by atoms with van der Waals surface area (Å²) < 4.78 is 1.66. The maximum Gasteiger partial charge on any atom is 0.271 e. The molecule has 9 heteroatoms. The van der Waals surface area contributed by atoms with Gasteiger partial charge in [0.1, 0.15) is 5.69 Å². The number of thiazole rings is 1. The van der Waals surface area contributed by atoms with Gasteiger partial charge in [-0.1, -0.05) is 18.2 Å². The summed E-state index contributed by atoms with van der Waals surface area (Å²) in [6, 6.07) is 11.9. The molecule has 4 aromatic rings. The Hall–Kier alpha value is -3.85. The molecular formula is C21H18N6O2S. The second-order valence-electron chi connectivity index (χ2n) is 6.51. The van der Waals surface area contributed by atoms with Crippen LogP contribution >= 0.6 is 11.3 Å². The number of benzene rings is 1. The molecule has 0 saturated heterocycles. The zero-order valence-electron chi connectivity index (χ0n) is 16.1. The zero-order valence-corrected chi connectivity index (χ0v) is 16.9. The first kappa shape index (κ1) is 19.5. The third-order valence-electron chi connectivity index (χ3n) is 4.27. The minimum atomic E-state index is -0.404. The SMILES string of the molecule is Cn1cnc(C(=O)NCC(=O)Nc2nc(-c3cccc(-c4ccncc4)c3)cs2)c1. The number of carbonyl (C=O) groups excluding carboxylic acids is 2. The van der Waals surface area contributed by atoms with Gasteiger partial charge in [-0.05, 0) is 29.3 Å². The molecule has 8 nitrogen and oxygen atoms in total. The van der Waals surface area contributed by atoms with Crippen LogP contribution in [0, 0.1) is 0 Å². The van der Waals surface area contributed by atoms with Gasteiger partial charge in [0, 0.05) is 36.6 Å². The fourth-order valence-electron chi connectivity index (χ4n) is 2.81. The van der Waals surface area contributed by atoms with Gasteiger partial charge in [0.25, 0.3) is 5.91 Å². The van der Waals surface area contributed by atoms with Gasteiger partial charge >= 0.3 is 0 Å². The minimum absolute atomic E-state index is 0.165. The molecule has 4 rings (SSSR count). The number of imidazole rings is 1. The van der Waals surface area contributed by atoms with Gasteiger partial charge in [-0.25, -0.2) is 9.97 Å². The predicted molar refractivity (Wildman–Crippen MR) is 115 cm³/mol. The highest BCUT2D eigenvalue weighted by molar-refractivity contribution is 7.14. The van der Waals surface area contributed by atoms with Gasteiger partial charge in [0.2, 0.25) is 5.91 Å². The molecule has 3 aromatic heterocycles. The molecule has 3 heterocycles. The molecule has 0 saturated carbocycles. The zero-order chi connectivity index (χ0) is 20.9. The maximum absolute atomic E-state index is 12.1. The standard InChI is InChI=1S/C21H18N6O2S/c1-27-11-17(24-13-27)20(29)23-10-19(28)26-21-25-18(12-30-21)16-4-2-3-15(9-16)14-5-7-22-8-6-14/h2-9,11-13H,10H2,1H3,(H,23,29)(H,25,26,28). The monoisotopic (exact) mass is 418 g/mol. The topological polar surface area (TPSA) is 102 Å². The molecule has 0 radical (unpaired) electrons. The number of aryl methyl sites for hydroxylation is 1. The van der Waals surface area contributed by atoms with Gasteiger partial charge in [0.05, 0.1) is 18.6 Å². The number of amides is 2. The van der Waals surface area contributed by atoms with Gasteiger partial charge in [-0.15, -0.1) is 11.3 Å². The number of nitrogens with one attached hydrogen (secondary N) is 2. The fraction of sp³-hybridized carbons (Fsp3) is 0.0952. The number of anilines is 1. The number of pyridine rings is 1. The van der Waals surface area contributed by atoms with E-state index in [-0.39, 0.29) is 18.1 Å². The third-order valence-corrected chi connectivity index (χ3v) is 5.03. The highest BCUT2D eigenvalue weighted by Gasteiger charge is 2.12. The summed E-state index contributed by atoms with van der Waals surface area (Å²) in [6.07, 6.45) is 6.62. The molecule has 0 bridgehead atoms. The van der Waals surface area contributed by atoms with Crippen molar-refractivity contribution in [1.82, 2.24) is 24.8 Å². The van der Waals surface area contributed by atoms with Crippen LogP contribution in [0.2, 0.25) is 0 Å². The van der Waals surface area contributed by atoms with Crippen molar-refractivity contribution in [3.8, 4) is 22.4 Å². The van der Waals surface area contributed by atoms with E-state index in [0.29, 0.717) is 5.13 Å². The summed E-state index contributed by atoms with van der Waals surface area (Å²) in [5.74, 6) is -0.760. The van der Waals surface area contributed by atoms with Crippen LogP contribution < -0.4 is 10.6 Å². The summed E-state index contributed by atoms with van der Waals surface area (Å²) in [7, 11) is 1.77. The Bertz CT molecular complexity index is 1180. The molecule has 0 fully saturated rings. The summed E-state index contributed by atoms with van der Waals surface area (Å²) in [5, 5.41) is 7.60. The summed E-state index contributed by atoms with van der Waals surface area (Å²) in [6.45, 7) is -0.165. The fourth-order valence-corrected chi connectivity index (χ4v) is 3.55. The Morgan fingerprint density at radius 2 is 1.90 bits per heavy atom. The van der Waals surface area contributed by atoms with Crippen LogP contribution in [0.3, 0.4) is 0 Å². The van der Waals surface area contributed by atoms with Crippen LogP contribution in [0.25, 0.3) is 22.4 Å². The van der Waals surface area contributed by atoms with Crippen molar-refractivity contribution in [2.45, 2.75) is 0 Å². The van der Waals surface area contributed by atoms with E-state index in [1.807, 2.05) is 41.8 Å². The van der Waals surface area contributed by atoms with Crippen molar-refractivity contribution in [2.75, 3.05) is 11.9 Å². The molecule has 0 atom stereocenters. The first-order valence-corrected chi connectivity index (χ1v) is 9.99. The van der Waals surface area contributed by atoms with Crippen molar-refractivity contribution < 1.29 is 9.59 Å². The highest BCUT2D eigenvalue weighted by atomic mass is 32.1. The van der Waals surface area contributed by atoms with Gasteiger partial charge < -0.3 is 15.2 Å². The molecule has 0 spiro atoms. The average molecular weight is 418 g/mol. The van der Waals surface area contributed by atoms with Crippen molar-refractivity contribution in [2.24, 2.45) is 7.05 Å². The second-order valence-corrected chi connectivity index (χ2v) is 7.37. The molecule has 2 N–H and O–H groups in total. The van der Waals surface area contributed by atoms with E-state index in [2.05, 4.69) is 25.6 Å². The molecule has 0 unspecified atom stereocenters. The number of aromatic nitrogens is 4. The lowest BCUT2D eigenvalue weighted by molar-refractivity contribution is -0.115. The lowest BCUT2D eigenvalue weighted by atomic mass is 10.0. The smallest absolute Gasteiger partial charge is 0.271 e. The molecular weight excluding hydrogens is 400 g/mol. The van der Waals surface area contributed by atoms with Crippen molar-refractivity contribution >= 4 is 28.3 Å². The predicted octanol–water partition coefficient (Wildman–Crippen LogP) is 2.97. The molecule has 30 heavy (non-hydrogen) atoms. The maximum atomic E-state index is 12.1. The first-order chi connectivity index (χ1) is 14.6. The quantitative estimate of drug-likeness (QED) is 0.501. The van der Waals surface area contributed by atoms with Gasteiger partial charge in [-0.3, -0.25) is 14.6 Å². The van der Waals surface area contributed by atoms with Crippen LogP contribution in [0.15, 0.2) is 66.7 Å². The Balaban J connectivity index is 1.38. The highest BCUT2D eigenvalue weighted by Crippen LogP contribution is 2.28. The third kappa shape index (κ3) is 4.58. The molecule has 150 valence electrons. The number of nitrogens with zero attached hydrogens (tertiary/aromatic N) is 4. The Kier molecular flexibility index (Phi) is 5.62. The lowest BCUT2D eigenvalue weighted by Crippen LogP contribution is -2.33. The van der Waals surface area contributed by atoms with Crippen LogP contribution in [0.4, 0.5) is 5.13 Å². The Morgan fingerprint density at radius 3 is 2.67 bits per heavy atom. The lowest BCUT2D eigenvalue weighted by Gasteiger charge is -2.04. The largest absolute Gasteiger partial charge is 0.342 e. The van der Waals surface area contributed by atoms with Crippen molar-refractivity contribution in [3.63, 3.8) is 0 Å². The van der Waals surface area contributed by atoms with E-state index < -0.39 is 5.91 Å². The summed E-state index contributed by atoms with van der Waals surface area (Å²) in [5.41, 5.74) is 4.11. The van der Waals surface area contributed by atoms with Crippen LogP contribution in [-0.4, -0.2) is 37.9 Å². The summed E-state index contributed by atoms with van der Waals surface area (Å²) in [4.78, 5) is 36.6. The second kappa shape index (κ2) is 8.66. The minimum Gasteiger partial charge on any atom is -0.342 e. The van der Waals surface area contributed by atoms with Crippen molar-refractivity contribution in [1.29, 1.82) is 0 Å². The van der Waals surface area contributed by atoms with Crippen LogP contribution in [-0.2, 0) is 11.8 Å². The van der Waals surface area contributed by atoms with E-state index in [1.54, 1.807) is 30.2 Å². The van der Waals surface area contributed by atoms with E-state index in [4.69, 9.17) is 0 Å². The van der Waals surface area contributed by atoms with E-state index >= 15 is 0 Å². The Labute approximate surface area is 176 Å². The van der Waals surface area contributed by atoms with Gasteiger partial charge in [0.15, 0.2) is 5.13 Å². The average Bonchev–Trinajstić information content (AvgIpc) is 3.42. The molecule has 1 aromatic carbocycles. The number of rotatable bonds is 6. The van der Waals surface area contributed by atoms with Crippen LogP contribution in [0.5, 0.6) is 0 Å². The Morgan fingerprint density at radius 1 is 1.10 bits per heavy atom. The first-order valence-electron chi connectivity index (χ1n) is 9.11. The van der Waals surface area contributed by atoms with Crippen molar-refractivity contribution in [3.05, 3.63) is 72.4 Å². The van der Waals surface area contributed by atoms with E-state index in [0.717, 1.165) is 22.4 Å². The molecule has 2 amide bonds. The molecule has 0 aliphatic rings. The normalized spacial score (nSPS) is 10.6. The number of hydrogen-bond acceptors (Lipinski definition) is 6. The van der Waals surface area contributed by atoms with E-state index in [9.17, 15) is 9.59 Å². The summed E-state index contributed by atoms with van der Waals surface area (Å²) >= 11 is 1.33.